The van der Waals surface area contributed by atoms with Gasteiger partial charge in [0.15, 0.2) is 0 Å². The van der Waals surface area contributed by atoms with Gasteiger partial charge in [0.25, 0.3) is 0 Å². The van der Waals surface area contributed by atoms with E-state index in [1.54, 1.807) is 0 Å². The van der Waals surface area contributed by atoms with Crippen molar-refractivity contribution in [2.45, 2.75) is 19.0 Å². The Morgan fingerprint density at radius 3 is 2.72 bits per heavy atom. The zero-order valence-electron chi connectivity index (χ0n) is 8.99. The van der Waals surface area contributed by atoms with Crippen molar-refractivity contribution in [1.82, 2.24) is 4.98 Å². The van der Waals surface area contributed by atoms with Gasteiger partial charge >= 0.3 is 12.1 Å². The van der Waals surface area contributed by atoms with Gasteiger partial charge < -0.3 is 5.11 Å². The van der Waals surface area contributed by atoms with Crippen molar-refractivity contribution in [3.63, 3.8) is 0 Å². The van der Waals surface area contributed by atoms with Crippen LogP contribution < -0.4 is 0 Å². The minimum atomic E-state index is -4.38. The summed E-state index contributed by atoms with van der Waals surface area (Å²) in [7, 11) is 0. The second kappa shape index (κ2) is 4.56. The van der Waals surface area contributed by atoms with Crippen LogP contribution in [0.5, 0.6) is 0 Å². The number of alkyl halides is 3. The average molecular weight is 275 g/mol. The number of aliphatic carboxylic acids is 1. The number of halogens is 3. The zero-order valence-corrected chi connectivity index (χ0v) is 9.81. The molecule has 0 unspecified atom stereocenters. The molecule has 0 fully saturated rings. The molecule has 3 nitrogen and oxygen atoms in total. The quantitative estimate of drug-likeness (QED) is 0.934. The van der Waals surface area contributed by atoms with Crippen LogP contribution in [0.2, 0.25) is 0 Å². The van der Waals surface area contributed by atoms with Gasteiger partial charge in [-0.2, -0.15) is 13.2 Å². The molecule has 0 atom stereocenters. The lowest BCUT2D eigenvalue weighted by Gasteiger charge is -2.04. The summed E-state index contributed by atoms with van der Waals surface area (Å²) >= 11 is 1.10. The molecule has 7 heteroatoms. The molecule has 2 rings (SSSR count). The fourth-order valence-electron chi connectivity index (χ4n) is 1.47. The number of aryl methyl sites for hydroxylation is 1. The summed E-state index contributed by atoms with van der Waals surface area (Å²) in [6.45, 7) is 0. The lowest BCUT2D eigenvalue weighted by atomic mass is 10.2. The Kier molecular flexibility index (Phi) is 3.25. The molecular formula is C11H8F3NO2S. The van der Waals surface area contributed by atoms with Crippen LogP contribution >= 0.6 is 11.3 Å². The van der Waals surface area contributed by atoms with Crippen LogP contribution in [0.25, 0.3) is 10.2 Å². The van der Waals surface area contributed by atoms with Crippen molar-refractivity contribution in [2.75, 3.05) is 0 Å². The van der Waals surface area contributed by atoms with Crippen LogP contribution in [-0.2, 0) is 17.4 Å². The molecule has 0 saturated carbocycles. The predicted octanol–water partition coefficient (Wildman–Crippen LogP) is 3.33. The van der Waals surface area contributed by atoms with Gasteiger partial charge in [0, 0.05) is 6.42 Å². The summed E-state index contributed by atoms with van der Waals surface area (Å²) in [5.74, 6) is -0.953. The van der Waals surface area contributed by atoms with E-state index >= 15 is 0 Å². The first-order valence-corrected chi connectivity index (χ1v) is 5.86. The number of fused-ring (bicyclic) bond motifs is 1. The Bertz CT molecular complexity index is 591. The third kappa shape index (κ3) is 2.79. The highest BCUT2D eigenvalue weighted by Gasteiger charge is 2.30. The smallest absolute Gasteiger partial charge is 0.416 e. The van der Waals surface area contributed by atoms with E-state index < -0.39 is 17.7 Å². The van der Waals surface area contributed by atoms with Crippen molar-refractivity contribution < 1.29 is 23.1 Å². The van der Waals surface area contributed by atoms with E-state index in [9.17, 15) is 18.0 Å². The van der Waals surface area contributed by atoms with E-state index in [1.165, 1.54) is 6.07 Å². The second-order valence-corrected chi connectivity index (χ2v) is 4.80. The molecule has 1 heterocycles. The zero-order chi connectivity index (χ0) is 13.3. The minimum absolute atomic E-state index is 0.0774. The van der Waals surface area contributed by atoms with E-state index in [0.717, 1.165) is 23.5 Å². The van der Waals surface area contributed by atoms with Crippen molar-refractivity contribution in [3.05, 3.63) is 28.8 Å². The monoisotopic (exact) mass is 275 g/mol. The van der Waals surface area contributed by atoms with Crippen LogP contribution in [0, 0.1) is 0 Å². The fourth-order valence-corrected chi connectivity index (χ4v) is 2.48. The highest BCUT2D eigenvalue weighted by molar-refractivity contribution is 7.18. The Morgan fingerprint density at radius 1 is 1.39 bits per heavy atom. The highest BCUT2D eigenvalue weighted by Crippen LogP contribution is 2.33. The molecule has 2 aromatic rings. The maximum absolute atomic E-state index is 12.5. The first-order valence-electron chi connectivity index (χ1n) is 5.05. The first-order chi connectivity index (χ1) is 8.36. The average Bonchev–Trinajstić information content (AvgIpc) is 2.66. The minimum Gasteiger partial charge on any atom is -0.481 e. The maximum atomic E-state index is 12.5. The fraction of sp³-hybridized carbons (Fsp3) is 0.273. The molecule has 0 aliphatic rings. The molecule has 0 bridgehead atoms. The molecule has 1 aromatic heterocycles. The molecule has 96 valence electrons. The molecule has 0 radical (unpaired) electrons. The normalized spacial score (nSPS) is 11.9. The van der Waals surface area contributed by atoms with Crippen molar-refractivity contribution in [2.24, 2.45) is 0 Å². The van der Waals surface area contributed by atoms with Crippen molar-refractivity contribution in [3.8, 4) is 0 Å². The van der Waals surface area contributed by atoms with Crippen LogP contribution in [0.3, 0.4) is 0 Å². The lowest BCUT2D eigenvalue weighted by molar-refractivity contribution is -0.138. The number of carboxylic acids is 1. The van der Waals surface area contributed by atoms with Gasteiger partial charge in [0.2, 0.25) is 0 Å². The van der Waals surface area contributed by atoms with Crippen molar-refractivity contribution in [1.29, 1.82) is 0 Å². The summed E-state index contributed by atoms with van der Waals surface area (Å²) in [6.07, 6.45) is -4.22. The Labute approximate surface area is 104 Å². The number of nitrogens with zero attached hydrogens (tertiary/aromatic N) is 1. The number of hydrogen-bond acceptors (Lipinski definition) is 3. The molecule has 0 aliphatic carbocycles. The largest absolute Gasteiger partial charge is 0.481 e. The second-order valence-electron chi connectivity index (χ2n) is 3.68. The molecule has 0 aliphatic heterocycles. The molecule has 18 heavy (non-hydrogen) atoms. The Balaban J connectivity index is 2.31. The first kappa shape index (κ1) is 12.8. The van der Waals surface area contributed by atoms with Crippen LogP contribution in [0.1, 0.15) is 17.0 Å². The van der Waals surface area contributed by atoms with Gasteiger partial charge in [0.05, 0.1) is 27.2 Å². The van der Waals surface area contributed by atoms with Crippen LogP contribution in [-0.4, -0.2) is 16.1 Å². The van der Waals surface area contributed by atoms with Gasteiger partial charge in [-0.05, 0) is 18.2 Å². The van der Waals surface area contributed by atoms with Gasteiger partial charge in [-0.1, -0.05) is 0 Å². The SMILES string of the molecule is O=C(O)CCc1nc2ccc(C(F)(F)F)cc2s1. The van der Waals surface area contributed by atoms with E-state index in [-0.39, 0.29) is 12.8 Å². The summed E-state index contributed by atoms with van der Waals surface area (Å²) in [4.78, 5) is 14.5. The summed E-state index contributed by atoms with van der Waals surface area (Å²) in [6, 6.07) is 3.32. The summed E-state index contributed by atoms with van der Waals surface area (Å²) < 4.78 is 37.9. The van der Waals surface area contributed by atoms with Crippen molar-refractivity contribution >= 4 is 27.5 Å². The molecule has 1 aromatic carbocycles. The van der Waals surface area contributed by atoms with Crippen LogP contribution in [0.4, 0.5) is 13.2 Å². The number of benzene rings is 1. The Hall–Kier alpha value is -1.63. The third-order valence-electron chi connectivity index (χ3n) is 2.31. The number of hydrogen-bond donors (Lipinski definition) is 1. The van der Waals surface area contributed by atoms with E-state index in [0.29, 0.717) is 15.2 Å². The molecule has 0 saturated heterocycles. The summed E-state index contributed by atoms with van der Waals surface area (Å²) in [5.41, 5.74) is -0.253. The van der Waals surface area contributed by atoms with E-state index in [2.05, 4.69) is 4.98 Å². The topological polar surface area (TPSA) is 50.2 Å². The number of carbonyl (C=O) groups is 1. The number of aromatic nitrogens is 1. The van der Waals surface area contributed by atoms with E-state index in [1.807, 2.05) is 0 Å². The summed E-state index contributed by atoms with van der Waals surface area (Å²) in [5, 5.41) is 9.06. The highest BCUT2D eigenvalue weighted by atomic mass is 32.1. The Morgan fingerprint density at radius 2 is 2.11 bits per heavy atom. The molecule has 1 N–H and O–H groups in total. The predicted molar refractivity (Wildman–Crippen MR) is 60.6 cm³/mol. The number of carboxylic acid groups (broad SMARTS) is 1. The van der Waals surface area contributed by atoms with E-state index in [4.69, 9.17) is 5.11 Å². The molecular weight excluding hydrogens is 267 g/mol. The third-order valence-corrected chi connectivity index (χ3v) is 3.39. The standard InChI is InChI=1S/C11H8F3NO2S/c12-11(13,14)6-1-2-7-8(5-6)18-9(15-7)3-4-10(16)17/h1-2,5H,3-4H2,(H,16,17). The molecule has 0 spiro atoms. The van der Waals surface area contributed by atoms with Gasteiger partial charge in [-0.3, -0.25) is 4.79 Å². The maximum Gasteiger partial charge on any atom is 0.416 e. The lowest BCUT2D eigenvalue weighted by Crippen LogP contribution is -2.03. The van der Waals surface area contributed by atoms with Gasteiger partial charge in [-0.15, -0.1) is 11.3 Å². The van der Waals surface area contributed by atoms with Gasteiger partial charge in [0.1, 0.15) is 0 Å². The molecule has 0 amide bonds. The number of rotatable bonds is 3. The van der Waals surface area contributed by atoms with Crippen LogP contribution in [0.15, 0.2) is 18.2 Å². The van der Waals surface area contributed by atoms with Gasteiger partial charge in [-0.25, -0.2) is 4.98 Å². The number of thiazole rings is 1.